The Labute approximate surface area is 151 Å². The summed E-state index contributed by atoms with van der Waals surface area (Å²) in [5.74, 6) is 1.31. The molecule has 7 heteroatoms. The highest BCUT2D eigenvalue weighted by Gasteiger charge is 2.33. The minimum Gasteiger partial charge on any atom is -0.355 e. The van der Waals surface area contributed by atoms with E-state index >= 15 is 0 Å². The van der Waals surface area contributed by atoms with Crippen molar-refractivity contribution in [1.29, 1.82) is 0 Å². The fourth-order valence-electron chi connectivity index (χ4n) is 3.62. The molecule has 1 aromatic heterocycles. The number of anilines is 1. The number of allylic oxidation sites excluding steroid dienone is 1. The minimum atomic E-state index is -0.0541. The molecule has 4 rings (SSSR count). The molecule has 2 unspecified atom stereocenters. The molecule has 3 heterocycles. The molecule has 2 aromatic rings. The number of rotatable bonds is 4. The third-order valence-electron chi connectivity index (χ3n) is 5.10. The first-order valence-corrected chi connectivity index (χ1v) is 8.69. The maximum Gasteiger partial charge on any atom is 0.259 e. The van der Waals surface area contributed by atoms with Crippen molar-refractivity contribution in [1.82, 2.24) is 10.1 Å². The van der Waals surface area contributed by atoms with Gasteiger partial charge in [-0.2, -0.15) is 0 Å². The first-order chi connectivity index (χ1) is 12.8. The summed E-state index contributed by atoms with van der Waals surface area (Å²) in [6, 6.07) is 6.95. The van der Waals surface area contributed by atoms with Gasteiger partial charge in [0, 0.05) is 31.1 Å². The molecule has 2 N–H and O–H groups in total. The Morgan fingerprint density at radius 2 is 2.15 bits per heavy atom. The second-order valence-corrected chi connectivity index (χ2v) is 6.63. The zero-order valence-electron chi connectivity index (χ0n) is 14.2. The Bertz CT molecular complexity index is 841. The van der Waals surface area contributed by atoms with Crippen LogP contribution in [0.3, 0.4) is 0 Å². The Hall–Kier alpha value is -2.93. The maximum atomic E-state index is 13.0. The molecule has 1 fully saturated rings. The number of carbonyl (C=O) groups is 1. The van der Waals surface area contributed by atoms with E-state index in [9.17, 15) is 4.79 Å². The quantitative estimate of drug-likeness (QED) is 0.825. The summed E-state index contributed by atoms with van der Waals surface area (Å²) in [6.45, 7) is 1.47. The second kappa shape index (κ2) is 7.13. The maximum absolute atomic E-state index is 13.0. The van der Waals surface area contributed by atoms with E-state index in [2.05, 4.69) is 21.7 Å². The largest absolute Gasteiger partial charge is 0.355 e. The van der Waals surface area contributed by atoms with Crippen LogP contribution in [0.5, 0.6) is 0 Å². The summed E-state index contributed by atoms with van der Waals surface area (Å²) >= 11 is 0. The molecule has 26 heavy (non-hydrogen) atoms. The van der Waals surface area contributed by atoms with Gasteiger partial charge in [0.1, 0.15) is 5.56 Å². The van der Waals surface area contributed by atoms with E-state index in [-0.39, 0.29) is 5.91 Å². The molecule has 0 spiro atoms. The van der Waals surface area contributed by atoms with Gasteiger partial charge < -0.3 is 9.42 Å². The highest BCUT2D eigenvalue weighted by molar-refractivity contribution is 5.99. The molecule has 2 aliphatic heterocycles. The van der Waals surface area contributed by atoms with Gasteiger partial charge in [0.05, 0.1) is 11.9 Å². The van der Waals surface area contributed by atoms with Gasteiger partial charge in [0.15, 0.2) is 5.76 Å². The Morgan fingerprint density at radius 3 is 2.88 bits per heavy atom. The third kappa shape index (κ3) is 3.13. The van der Waals surface area contributed by atoms with E-state index in [1.54, 1.807) is 24.3 Å². The first-order valence-electron chi connectivity index (χ1n) is 8.69. The lowest BCUT2D eigenvalue weighted by atomic mass is 9.88. The number of nitrogens with one attached hydrogen (secondary N) is 1. The lowest BCUT2D eigenvalue weighted by Gasteiger charge is -2.21. The Balaban J connectivity index is 1.50. The average molecular weight is 352 g/mol. The molecule has 0 aliphatic carbocycles. The SMILES string of the molecule is O=C(c1cnoc1-c1ccc(NO)cc1)N1CCC(C2C=CN=CC2)C1. The number of hydrogen-bond acceptors (Lipinski definition) is 6. The predicted octanol–water partition coefficient (Wildman–Crippen LogP) is 3.21. The van der Waals surface area contributed by atoms with Crippen LogP contribution in [0.2, 0.25) is 0 Å². The Kier molecular flexibility index (Phi) is 4.53. The molecule has 0 saturated carbocycles. The second-order valence-electron chi connectivity index (χ2n) is 6.63. The monoisotopic (exact) mass is 352 g/mol. The number of nitrogens with zero attached hydrogens (tertiary/aromatic N) is 3. The van der Waals surface area contributed by atoms with Crippen LogP contribution in [-0.4, -0.2) is 40.5 Å². The fourth-order valence-corrected chi connectivity index (χ4v) is 3.62. The number of hydrogen-bond donors (Lipinski definition) is 2. The van der Waals surface area contributed by atoms with E-state index in [0.29, 0.717) is 28.8 Å². The molecule has 2 atom stereocenters. The predicted molar refractivity (Wildman–Crippen MR) is 97.1 cm³/mol. The molecule has 1 saturated heterocycles. The number of carbonyl (C=O) groups excluding carboxylic acids is 1. The zero-order chi connectivity index (χ0) is 17.9. The Morgan fingerprint density at radius 1 is 1.31 bits per heavy atom. The summed E-state index contributed by atoms with van der Waals surface area (Å²) in [7, 11) is 0. The molecule has 1 aromatic carbocycles. The van der Waals surface area contributed by atoms with E-state index in [1.165, 1.54) is 6.20 Å². The van der Waals surface area contributed by atoms with Gasteiger partial charge >= 0.3 is 0 Å². The van der Waals surface area contributed by atoms with Crippen LogP contribution in [-0.2, 0) is 0 Å². The zero-order valence-corrected chi connectivity index (χ0v) is 14.2. The normalized spacial score (nSPS) is 22.0. The van der Waals surface area contributed by atoms with Crippen LogP contribution in [0.25, 0.3) is 11.3 Å². The summed E-state index contributed by atoms with van der Waals surface area (Å²) in [5.41, 5.74) is 3.86. The van der Waals surface area contributed by atoms with Crippen molar-refractivity contribution in [3.63, 3.8) is 0 Å². The van der Waals surface area contributed by atoms with Gasteiger partial charge in [-0.1, -0.05) is 11.2 Å². The van der Waals surface area contributed by atoms with Crippen molar-refractivity contribution < 1.29 is 14.5 Å². The summed E-state index contributed by atoms with van der Waals surface area (Å²) in [5, 5.41) is 12.7. The van der Waals surface area contributed by atoms with Gasteiger partial charge in [-0.25, -0.2) is 0 Å². The highest BCUT2D eigenvalue weighted by atomic mass is 16.5. The molecule has 1 amide bonds. The van der Waals surface area contributed by atoms with Gasteiger partial charge in [-0.05, 0) is 48.9 Å². The van der Waals surface area contributed by atoms with Gasteiger partial charge in [-0.3, -0.25) is 20.5 Å². The molecule has 2 aliphatic rings. The lowest BCUT2D eigenvalue weighted by molar-refractivity contribution is 0.0785. The van der Waals surface area contributed by atoms with Crippen LogP contribution < -0.4 is 5.48 Å². The number of aromatic nitrogens is 1. The first kappa shape index (κ1) is 16.5. The standard InChI is InChI=1S/C19H20N4O3/c24-19(23-10-7-15(12-23)13-5-8-20-9-6-13)17-11-21-26-18(17)14-1-3-16(22-25)4-2-14/h1-5,8-9,11,13,15,22,25H,6-7,10,12H2. The molecular weight excluding hydrogens is 332 g/mol. The van der Waals surface area contributed by atoms with Gasteiger partial charge in [0.25, 0.3) is 5.91 Å². The number of aliphatic imine (C=N–C) groups is 1. The minimum absolute atomic E-state index is 0.0541. The summed E-state index contributed by atoms with van der Waals surface area (Å²) in [4.78, 5) is 19.0. The summed E-state index contributed by atoms with van der Waals surface area (Å²) < 4.78 is 5.34. The van der Waals surface area contributed by atoms with Crippen molar-refractivity contribution >= 4 is 17.8 Å². The van der Waals surface area contributed by atoms with Crippen molar-refractivity contribution in [3.8, 4) is 11.3 Å². The number of amides is 1. The van der Waals surface area contributed by atoms with Crippen molar-refractivity contribution in [2.24, 2.45) is 16.8 Å². The summed E-state index contributed by atoms with van der Waals surface area (Å²) in [6.07, 6.45) is 9.34. The van der Waals surface area contributed by atoms with Gasteiger partial charge in [-0.15, -0.1) is 0 Å². The smallest absolute Gasteiger partial charge is 0.259 e. The van der Waals surface area contributed by atoms with Gasteiger partial charge in [0.2, 0.25) is 0 Å². The fraction of sp³-hybridized carbons (Fsp3) is 0.316. The van der Waals surface area contributed by atoms with Crippen LogP contribution in [0.1, 0.15) is 23.2 Å². The molecule has 7 nitrogen and oxygen atoms in total. The number of benzene rings is 1. The molecule has 0 radical (unpaired) electrons. The van der Waals surface area contributed by atoms with E-state index in [1.807, 2.05) is 17.3 Å². The van der Waals surface area contributed by atoms with E-state index in [0.717, 1.165) is 31.5 Å². The molecule has 0 bridgehead atoms. The van der Waals surface area contributed by atoms with E-state index in [4.69, 9.17) is 9.73 Å². The lowest BCUT2D eigenvalue weighted by Crippen LogP contribution is -2.30. The third-order valence-corrected chi connectivity index (χ3v) is 5.10. The van der Waals surface area contributed by atoms with Crippen LogP contribution in [0.15, 0.2) is 52.3 Å². The van der Waals surface area contributed by atoms with Crippen LogP contribution in [0, 0.1) is 11.8 Å². The molecule has 134 valence electrons. The van der Waals surface area contributed by atoms with Crippen LogP contribution >= 0.6 is 0 Å². The van der Waals surface area contributed by atoms with Crippen molar-refractivity contribution in [2.45, 2.75) is 12.8 Å². The molecular formula is C19H20N4O3. The van der Waals surface area contributed by atoms with Crippen molar-refractivity contribution in [3.05, 3.63) is 48.3 Å². The number of likely N-dealkylation sites (tertiary alicyclic amines) is 1. The van der Waals surface area contributed by atoms with E-state index < -0.39 is 0 Å². The van der Waals surface area contributed by atoms with Crippen molar-refractivity contribution in [2.75, 3.05) is 18.6 Å². The average Bonchev–Trinajstić information content (AvgIpc) is 3.38. The topological polar surface area (TPSA) is 91.0 Å². The highest BCUT2D eigenvalue weighted by Crippen LogP contribution is 2.31. The van der Waals surface area contributed by atoms with Crippen LogP contribution in [0.4, 0.5) is 5.69 Å².